The second kappa shape index (κ2) is 5.86. The summed E-state index contributed by atoms with van der Waals surface area (Å²) in [5.74, 6) is -0.345. The van der Waals surface area contributed by atoms with Crippen LogP contribution in [0.3, 0.4) is 0 Å². The molecule has 18 heavy (non-hydrogen) atoms. The van der Waals surface area contributed by atoms with E-state index in [0.29, 0.717) is 12.2 Å². The van der Waals surface area contributed by atoms with Gasteiger partial charge in [0.25, 0.3) is 0 Å². The number of carbonyl (C=O) groups is 1. The number of aryl methyl sites for hydroxylation is 1. The third kappa shape index (κ3) is 2.33. The van der Waals surface area contributed by atoms with Gasteiger partial charge in [-0.3, -0.25) is 14.8 Å². The van der Waals surface area contributed by atoms with E-state index in [0.717, 1.165) is 11.0 Å². The number of benzene rings is 1. The fourth-order valence-corrected chi connectivity index (χ4v) is 1.97. The molecule has 1 aromatic carbocycles. The zero-order chi connectivity index (χ0) is 12.4. The number of methoxy groups -OCH3 is 1. The van der Waals surface area contributed by atoms with Gasteiger partial charge in [0.1, 0.15) is 6.54 Å². The second-order valence-corrected chi connectivity index (χ2v) is 3.72. The van der Waals surface area contributed by atoms with Gasteiger partial charge in [0, 0.05) is 6.54 Å². The zero-order valence-corrected chi connectivity index (χ0v) is 12.1. The summed E-state index contributed by atoms with van der Waals surface area (Å²) < 4.78 is 8.17. The van der Waals surface area contributed by atoms with Crippen LogP contribution in [0.2, 0.25) is 0 Å². The lowest BCUT2D eigenvalue weighted by atomic mass is 10.3. The first-order chi connectivity index (χ1) is 8.19. The summed E-state index contributed by atoms with van der Waals surface area (Å²) in [7, 11) is 1.35. The molecule has 98 valence electrons. The molecule has 2 rings (SSSR count). The molecule has 0 aliphatic heterocycles. The van der Waals surface area contributed by atoms with Crippen LogP contribution in [0.1, 0.15) is 6.92 Å². The number of carbonyl (C=O) groups excluding carboxylic acids is 1. The maximum Gasteiger partial charge on any atom is 0.325 e. The maximum atomic E-state index is 11.3. The fourth-order valence-electron chi connectivity index (χ4n) is 1.97. The lowest BCUT2D eigenvalue weighted by molar-refractivity contribution is -0.141. The molecule has 0 saturated heterocycles. The van der Waals surface area contributed by atoms with Gasteiger partial charge in [-0.25, -0.2) is 0 Å². The van der Waals surface area contributed by atoms with Crippen molar-refractivity contribution in [2.75, 3.05) is 7.11 Å². The number of hydrogen-bond acceptors (Lipinski definition) is 3. The molecule has 0 fully saturated rings. The van der Waals surface area contributed by atoms with Crippen molar-refractivity contribution in [2.24, 2.45) is 0 Å². The molecule has 6 heteroatoms. The minimum Gasteiger partial charge on any atom is -0.468 e. The molecule has 0 spiro atoms. The van der Waals surface area contributed by atoms with E-state index in [-0.39, 0.29) is 29.5 Å². The first-order valence-electron chi connectivity index (χ1n) is 5.48. The van der Waals surface area contributed by atoms with E-state index in [4.69, 9.17) is 5.41 Å². The Hall–Kier alpha value is -1.56. The van der Waals surface area contributed by atoms with Gasteiger partial charge in [-0.1, -0.05) is 12.1 Å². The van der Waals surface area contributed by atoms with Crippen molar-refractivity contribution in [1.82, 2.24) is 9.13 Å². The van der Waals surface area contributed by atoms with Crippen LogP contribution >= 0.6 is 17.0 Å². The summed E-state index contributed by atoms with van der Waals surface area (Å²) in [6.45, 7) is 2.75. The van der Waals surface area contributed by atoms with Crippen LogP contribution in [-0.2, 0) is 22.6 Å². The largest absolute Gasteiger partial charge is 0.468 e. The van der Waals surface area contributed by atoms with Crippen LogP contribution < -0.4 is 5.62 Å². The Morgan fingerprint density at radius 3 is 2.33 bits per heavy atom. The molecule has 0 radical (unpaired) electrons. The number of rotatable bonds is 3. The number of halogens is 1. The number of ether oxygens (including phenoxy) is 1. The van der Waals surface area contributed by atoms with Gasteiger partial charge >= 0.3 is 5.97 Å². The van der Waals surface area contributed by atoms with Crippen molar-refractivity contribution in [3.05, 3.63) is 29.9 Å². The Balaban J connectivity index is 0.00000162. The SMILES string of the molecule is Br.CCn1c(=N)n(CC(=O)OC)c2ccccc21. The first kappa shape index (κ1) is 14.5. The summed E-state index contributed by atoms with van der Waals surface area (Å²) >= 11 is 0. The molecule has 5 nitrogen and oxygen atoms in total. The average Bonchev–Trinajstić information content (AvgIpc) is 2.62. The van der Waals surface area contributed by atoms with Crippen LogP contribution in [0.25, 0.3) is 11.0 Å². The number of nitrogens with one attached hydrogen (secondary N) is 1. The van der Waals surface area contributed by atoms with E-state index in [9.17, 15) is 4.79 Å². The standard InChI is InChI=1S/C12H15N3O2.BrH/c1-3-14-9-6-4-5-7-10(9)15(12(14)13)8-11(16)17-2;/h4-7,13H,3,8H2,1-2H3;1H. The molecule has 1 N–H and O–H groups in total. The van der Waals surface area contributed by atoms with E-state index < -0.39 is 0 Å². The number of para-hydroxylation sites is 2. The summed E-state index contributed by atoms with van der Waals surface area (Å²) in [4.78, 5) is 11.3. The van der Waals surface area contributed by atoms with Crippen molar-refractivity contribution in [3.63, 3.8) is 0 Å². The Labute approximate surface area is 115 Å². The van der Waals surface area contributed by atoms with Gasteiger partial charge < -0.3 is 9.30 Å². The lowest BCUT2D eigenvalue weighted by Crippen LogP contribution is -2.27. The molecule has 0 aliphatic rings. The molecule has 0 atom stereocenters. The van der Waals surface area contributed by atoms with Gasteiger partial charge in [0.05, 0.1) is 18.1 Å². The van der Waals surface area contributed by atoms with Gasteiger partial charge in [-0.2, -0.15) is 0 Å². The van der Waals surface area contributed by atoms with E-state index in [1.165, 1.54) is 7.11 Å². The predicted molar refractivity (Wildman–Crippen MR) is 73.8 cm³/mol. The molecule has 1 heterocycles. The maximum absolute atomic E-state index is 11.3. The fraction of sp³-hybridized carbons (Fsp3) is 0.333. The van der Waals surface area contributed by atoms with Crippen LogP contribution in [0.4, 0.5) is 0 Å². The highest BCUT2D eigenvalue weighted by Crippen LogP contribution is 2.12. The summed E-state index contributed by atoms with van der Waals surface area (Å²) in [6, 6.07) is 7.68. The van der Waals surface area contributed by atoms with Crippen molar-refractivity contribution in [3.8, 4) is 0 Å². The Bertz CT molecular complexity index is 615. The minimum absolute atomic E-state index is 0. The van der Waals surface area contributed by atoms with E-state index >= 15 is 0 Å². The molecular weight excluding hydrogens is 298 g/mol. The average molecular weight is 314 g/mol. The Morgan fingerprint density at radius 2 is 1.83 bits per heavy atom. The van der Waals surface area contributed by atoms with Crippen molar-refractivity contribution in [2.45, 2.75) is 20.0 Å². The molecule has 0 unspecified atom stereocenters. The monoisotopic (exact) mass is 313 g/mol. The molecule has 0 saturated carbocycles. The van der Waals surface area contributed by atoms with Crippen molar-refractivity contribution < 1.29 is 9.53 Å². The summed E-state index contributed by atoms with van der Waals surface area (Å²) in [5, 5.41) is 8.06. The van der Waals surface area contributed by atoms with Gasteiger partial charge in [-0.15, -0.1) is 17.0 Å². The van der Waals surface area contributed by atoms with Crippen molar-refractivity contribution >= 4 is 34.0 Å². The smallest absolute Gasteiger partial charge is 0.325 e. The third-order valence-electron chi connectivity index (χ3n) is 2.81. The van der Waals surface area contributed by atoms with Crippen molar-refractivity contribution in [1.29, 1.82) is 5.41 Å². The molecule has 2 aromatic rings. The number of fused-ring (bicyclic) bond motifs is 1. The van der Waals surface area contributed by atoms with Crippen LogP contribution in [0.15, 0.2) is 24.3 Å². The molecular formula is C12H16BrN3O2. The summed E-state index contributed by atoms with van der Waals surface area (Å²) in [6.07, 6.45) is 0. The number of hydrogen-bond donors (Lipinski definition) is 1. The van der Waals surface area contributed by atoms with Crippen LogP contribution in [-0.4, -0.2) is 22.2 Å². The highest BCUT2D eigenvalue weighted by Gasteiger charge is 2.11. The summed E-state index contributed by atoms with van der Waals surface area (Å²) in [5.41, 5.74) is 2.16. The zero-order valence-electron chi connectivity index (χ0n) is 10.3. The number of esters is 1. The second-order valence-electron chi connectivity index (χ2n) is 3.72. The van der Waals surface area contributed by atoms with Gasteiger partial charge in [0.15, 0.2) is 0 Å². The molecule has 0 bridgehead atoms. The normalized spacial score (nSPS) is 10.1. The van der Waals surface area contributed by atoms with Crippen LogP contribution in [0, 0.1) is 5.41 Å². The molecule has 0 aliphatic carbocycles. The minimum atomic E-state index is -0.345. The molecule has 0 amide bonds. The Morgan fingerprint density at radius 1 is 1.28 bits per heavy atom. The van der Waals surface area contributed by atoms with E-state index in [1.807, 2.05) is 35.8 Å². The third-order valence-corrected chi connectivity index (χ3v) is 2.81. The van der Waals surface area contributed by atoms with Gasteiger partial charge in [0.2, 0.25) is 5.62 Å². The first-order valence-corrected chi connectivity index (χ1v) is 5.48. The van der Waals surface area contributed by atoms with E-state index in [1.54, 1.807) is 4.57 Å². The lowest BCUT2D eigenvalue weighted by Gasteiger charge is -2.02. The highest BCUT2D eigenvalue weighted by molar-refractivity contribution is 8.93. The van der Waals surface area contributed by atoms with E-state index in [2.05, 4.69) is 4.74 Å². The topological polar surface area (TPSA) is 60.0 Å². The molecule has 1 aromatic heterocycles. The number of nitrogens with zero attached hydrogens (tertiary/aromatic N) is 2. The van der Waals surface area contributed by atoms with Crippen LogP contribution in [0.5, 0.6) is 0 Å². The number of aromatic nitrogens is 2. The highest BCUT2D eigenvalue weighted by atomic mass is 79.9. The predicted octanol–water partition coefficient (Wildman–Crippen LogP) is 1.69. The number of imidazole rings is 1. The Kier molecular flexibility index (Phi) is 4.72. The van der Waals surface area contributed by atoms with Gasteiger partial charge in [-0.05, 0) is 19.1 Å². The quantitative estimate of drug-likeness (QED) is 0.877.